The Bertz CT molecular complexity index is 788. The van der Waals surface area contributed by atoms with Crippen molar-refractivity contribution in [2.45, 2.75) is 83.3 Å². The van der Waals surface area contributed by atoms with E-state index < -0.39 is 33.8 Å². The summed E-state index contributed by atoms with van der Waals surface area (Å²) >= 11 is 0. The van der Waals surface area contributed by atoms with Crippen LogP contribution in [0.3, 0.4) is 0 Å². The third-order valence-corrected chi connectivity index (χ3v) is 9.99. The van der Waals surface area contributed by atoms with Crippen LogP contribution in [0.4, 0.5) is 0 Å². The molecular formula is C21H33NaO7S. The molecule has 2 N–H and O–H groups in total. The van der Waals surface area contributed by atoms with Crippen molar-refractivity contribution in [1.82, 2.24) is 0 Å². The quantitative estimate of drug-likeness (QED) is 0.324. The Morgan fingerprint density at radius 1 is 1.07 bits per heavy atom. The van der Waals surface area contributed by atoms with Gasteiger partial charge in [0.15, 0.2) is 5.78 Å². The van der Waals surface area contributed by atoms with Crippen LogP contribution in [0.5, 0.6) is 0 Å². The standard InChI is InChI=1S/C21H34O7S.Na/c1-19-8-5-14(22)11-13(19)3-4-15-16(19)6-9-20(2)17(15)7-10-21(20,24)18(23)12-28-29(25,26)27;/h13-17,22,24H,3-12H2,1-2H3,(H,25,26,27);/q;+1/p-1/t13-,14-,15-,16+,17+,19+,20+,21+;/m1./s1. The molecule has 0 bridgehead atoms. The van der Waals surface area contributed by atoms with Crippen LogP contribution in [-0.4, -0.2) is 47.3 Å². The first kappa shape index (κ1) is 25.1. The Hall–Kier alpha value is 0.460. The Balaban J connectivity index is 0.00000256. The molecule has 166 valence electrons. The van der Waals surface area contributed by atoms with Crippen LogP contribution in [0.15, 0.2) is 0 Å². The number of carbonyl (C=O) groups is 1. The summed E-state index contributed by atoms with van der Waals surface area (Å²) < 4.78 is 36.5. The summed E-state index contributed by atoms with van der Waals surface area (Å²) in [5.41, 5.74) is -2.07. The normalized spacial score (nSPS) is 48.1. The molecule has 0 heterocycles. The van der Waals surface area contributed by atoms with Crippen molar-refractivity contribution in [3.05, 3.63) is 0 Å². The van der Waals surface area contributed by atoms with Gasteiger partial charge in [0.1, 0.15) is 12.2 Å². The second-order valence-electron chi connectivity index (χ2n) is 10.5. The minimum atomic E-state index is -4.97. The summed E-state index contributed by atoms with van der Waals surface area (Å²) in [4.78, 5) is 12.8. The van der Waals surface area contributed by atoms with E-state index in [0.29, 0.717) is 24.2 Å². The largest absolute Gasteiger partial charge is 1.00 e. The first-order valence-corrected chi connectivity index (χ1v) is 12.3. The van der Waals surface area contributed by atoms with E-state index in [1.807, 2.05) is 6.92 Å². The van der Waals surface area contributed by atoms with Gasteiger partial charge in [-0.25, -0.2) is 8.42 Å². The molecule has 30 heavy (non-hydrogen) atoms. The van der Waals surface area contributed by atoms with Crippen molar-refractivity contribution in [2.24, 2.45) is 34.5 Å². The van der Waals surface area contributed by atoms with Crippen molar-refractivity contribution >= 4 is 16.2 Å². The summed E-state index contributed by atoms with van der Waals surface area (Å²) in [6.45, 7) is 3.45. The van der Waals surface area contributed by atoms with E-state index in [4.69, 9.17) is 0 Å². The van der Waals surface area contributed by atoms with E-state index >= 15 is 0 Å². The number of aliphatic hydroxyl groups is 2. The molecule has 0 aromatic rings. The smallest absolute Gasteiger partial charge is 0.726 e. The van der Waals surface area contributed by atoms with E-state index in [-0.39, 0.29) is 53.4 Å². The molecule has 0 spiro atoms. The van der Waals surface area contributed by atoms with Crippen LogP contribution in [0.25, 0.3) is 0 Å². The Labute approximate surface area is 201 Å². The molecule has 4 fully saturated rings. The Kier molecular flexibility index (Phi) is 6.98. The minimum absolute atomic E-state index is 0. The fourth-order valence-corrected chi connectivity index (χ4v) is 8.21. The Morgan fingerprint density at radius 2 is 1.73 bits per heavy atom. The van der Waals surface area contributed by atoms with E-state index in [1.54, 1.807) is 0 Å². The average molecular weight is 453 g/mol. The molecule has 7 nitrogen and oxygen atoms in total. The number of ketones is 1. The molecule has 0 aromatic carbocycles. The van der Waals surface area contributed by atoms with Gasteiger partial charge in [-0.3, -0.25) is 8.98 Å². The van der Waals surface area contributed by atoms with Crippen LogP contribution >= 0.6 is 0 Å². The third kappa shape index (κ3) is 3.87. The van der Waals surface area contributed by atoms with E-state index in [2.05, 4.69) is 11.1 Å². The van der Waals surface area contributed by atoms with Gasteiger partial charge >= 0.3 is 29.6 Å². The molecule has 0 saturated heterocycles. The van der Waals surface area contributed by atoms with Crippen LogP contribution in [0.2, 0.25) is 0 Å². The molecule has 9 heteroatoms. The van der Waals surface area contributed by atoms with Gasteiger partial charge < -0.3 is 14.8 Å². The van der Waals surface area contributed by atoms with Crippen LogP contribution < -0.4 is 29.6 Å². The number of fused-ring (bicyclic) bond motifs is 5. The van der Waals surface area contributed by atoms with Crippen LogP contribution in [0.1, 0.15) is 71.6 Å². The van der Waals surface area contributed by atoms with E-state index in [0.717, 1.165) is 44.9 Å². The molecule has 4 aliphatic rings. The summed E-state index contributed by atoms with van der Waals surface area (Å²) in [5, 5.41) is 21.5. The van der Waals surface area contributed by atoms with Crippen molar-refractivity contribution < 1.29 is 61.7 Å². The van der Waals surface area contributed by atoms with Gasteiger partial charge in [0.25, 0.3) is 0 Å². The minimum Gasteiger partial charge on any atom is -0.726 e. The number of Topliss-reactive ketones (excluding diaryl/α,β-unsaturated/α-hetero) is 1. The van der Waals surface area contributed by atoms with Crippen LogP contribution in [-0.2, 0) is 19.4 Å². The molecular weight excluding hydrogens is 419 g/mol. The number of hydrogen-bond donors (Lipinski definition) is 2. The molecule has 0 amide bonds. The molecule has 0 aromatic heterocycles. The van der Waals surface area contributed by atoms with Gasteiger partial charge in [0, 0.05) is 5.41 Å². The van der Waals surface area contributed by atoms with Crippen molar-refractivity contribution in [2.75, 3.05) is 6.61 Å². The van der Waals surface area contributed by atoms with Gasteiger partial charge in [-0.05, 0) is 86.9 Å². The average Bonchev–Trinajstić information content (AvgIpc) is 2.92. The van der Waals surface area contributed by atoms with Crippen LogP contribution in [0, 0.1) is 34.5 Å². The van der Waals surface area contributed by atoms with Gasteiger partial charge in [-0.2, -0.15) is 0 Å². The van der Waals surface area contributed by atoms with Gasteiger partial charge in [0.2, 0.25) is 10.4 Å². The second kappa shape index (κ2) is 8.35. The van der Waals surface area contributed by atoms with Crippen molar-refractivity contribution in [1.29, 1.82) is 0 Å². The third-order valence-electron chi connectivity index (χ3n) is 9.59. The molecule has 4 saturated carbocycles. The first-order valence-electron chi connectivity index (χ1n) is 10.9. The number of hydrogen-bond acceptors (Lipinski definition) is 7. The molecule has 0 unspecified atom stereocenters. The molecule has 8 atom stereocenters. The molecule has 4 rings (SSSR count). The summed E-state index contributed by atoms with van der Waals surface area (Å²) in [7, 11) is -4.97. The predicted molar refractivity (Wildman–Crippen MR) is 103 cm³/mol. The van der Waals surface area contributed by atoms with Crippen molar-refractivity contribution in [3.8, 4) is 0 Å². The Morgan fingerprint density at radius 3 is 2.40 bits per heavy atom. The maximum atomic E-state index is 12.8. The van der Waals surface area contributed by atoms with Gasteiger partial charge in [-0.1, -0.05) is 13.8 Å². The maximum Gasteiger partial charge on any atom is 1.00 e. The molecule has 0 aliphatic heterocycles. The second-order valence-corrected chi connectivity index (χ2v) is 11.6. The van der Waals surface area contributed by atoms with Gasteiger partial charge in [0.05, 0.1) is 6.10 Å². The predicted octanol–water partition coefficient (Wildman–Crippen LogP) is -0.829. The first-order chi connectivity index (χ1) is 13.4. The zero-order valence-corrected chi connectivity index (χ0v) is 21.1. The molecule has 4 aliphatic carbocycles. The summed E-state index contributed by atoms with van der Waals surface area (Å²) in [6, 6.07) is 0. The monoisotopic (exact) mass is 452 g/mol. The maximum absolute atomic E-state index is 12.8. The fraction of sp³-hybridized carbons (Fsp3) is 0.952. The number of aliphatic hydroxyl groups excluding tert-OH is 1. The number of rotatable bonds is 4. The van der Waals surface area contributed by atoms with E-state index in [1.165, 1.54) is 0 Å². The summed E-state index contributed by atoms with van der Waals surface area (Å²) in [6.07, 6.45) is 7.34. The molecule has 0 radical (unpaired) electrons. The topological polar surface area (TPSA) is 124 Å². The fourth-order valence-electron chi connectivity index (χ4n) is 7.95. The number of carbonyl (C=O) groups excluding carboxylic acids is 1. The van der Waals surface area contributed by atoms with Crippen molar-refractivity contribution in [3.63, 3.8) is 0 Å². The zero-order chi connectivity index (χ0) is 21.2. The van der Waals surface area contributed by atoms with Gasteiger partial charge in [-0.15, -0.1) is 0 Å². The summed E-state index contributed by atoms with van der Waals surface area (Å²) in [5.74, 6) is 0.998. The zero-order valence-electron chi connectivity index (χ0n) is 18.3. The SMILES string of the molecule is C[C@]12CC[C@@H](O)C[C@H]1CC[C@@H]1[C@@H]2CC[C@@]2(C)[C@H]1CC[C@]2(O)C(=O)COS(=O)(=O)[O-].[Na+]. The van der Waals surface area contributed by atoms with E-state index in [9.17, 15) is 28.0 Å².